The third kappa shape index (κ3) is 5.12. The quantitative estimate of drug-likeness (QED) is 0.547. The zero-order chi connectivity index (χ0) is 21.8. The van der Waals surface area contributed by atoms with Crippen LogP contribution in [0.25, 0.3) is 11.3 Å². The number of hydrogen-bond acceptors (Lipinski definition) is 7. The molecular formula is C24H27ClN4O2S. The van der Waals surface area contributed by atoms with Crippen molar-refractivity contribution < 1.29 is 9.15 Å². The molecule has 0 bridgehead atoms. The summed E-state index contributed by atoms with van der Waals surface area (Å²) >= 11 is 7.64. The van der Waals surface area contributed by atoms with Crippen molar-refractivity contribution in [2.24, 2.45) is 0 Å². The first kappa shape index (κ1) is 21.8. The van der Waals surface area contributed by atoms with Crippen LogP contribution in [0.5, 0.6) is 0 Å². The van der Waals surface area contributed by atoms with Crippen LogP contribution in [-0.2, 0) is 4.74 Å². The second kappa shape index (κ2) is 10.3. The smallest absolute Gasteiger partial charge is 0.199 e. The Kier molecular flexibility index (Phi) is 6.97. The van der Waals surface area contributed by atoms with Crippen molar-refractivity contribution in [3.63, 3.8) is 0 Å². The van der Waals surface area contributed by atoms with E-state index < -0.39 is 0 Å². The lowest BCUT2D eigenvalue weighted by Crippen LogP contribution is -2.28. The predicted molar refractivity (Wildman–Crippen MR) is 128 cm³/mol. The summed E-state index contributed by atoms with van der Waals surface area (Å²) in [5.41, 5.74) is 1.82. The third-order valence-electron chi connectivity index (χ3n) is 5.89. The van der Waals surface area contributed by atoms with E-state index in [4.69, 9.17) is 30.7 Å². The van der Waals surface area contributed by atoms with Crippen molar-refractivity contribution in [2.45, 2.75) is 35.2 Å². The van der Waals surface area contributed by atoms with Crippen LogP contribution in [0.1, 0.15) is 31.1 Å². The van der Waals surface area contributed by atoms with Crippen molar-refractivity contribution in [3.05, 3.63) is 53.5 Å². The second-order valence-corrected chi connectivity index (χ2v) is 9.61. The maximum absolute atomic E-state index is 6.32. The summed E-state index contributed by atoms with van der Waals surface area (Å²) in [6.45, 7) is 5.56. The molecule has 0 unspecified atom stereocenters. The van der Waals surface area contributed by atoms with Crippen LogP contribution in [0, 0.1) is 0 Å². The van der Waals surface area contributed by atoms with Crippen LogP contribution in [0.4, 0.5) is 5.82 Å². The van der Waals surface area contributed by atoms with Gasteiger partial charge in [0.25, 0.3) is 0 Å². The fourth-order valence-electron chi connectivity index (χ4n) is 4.09. The average Bonchev–Trinajstić information content (AvgIpc) is 3.06. The summed E-state index contributed by atoms with van der Waals surface area (Å²) in [6.07, 6.45) is 4.92. The summed E-state index contributed by atoms with van der Waals surface area (Å²) in [7, 11) is 0. The minimum absolute atomic E-state index is 0.291. The molecule has 0 spiro atoms. The maximum atomic E-state index is 6.32. The Bertz CT molecular complexity index is 1010. The molecule has 5 rings (SSSR count). The Morgan fingerprint density at radius 3 is 2.66 bits per heavy atom. The van der Waals surface area contributed by atoms with Gasteiger partial charge in [-0.3, -0.25) is 0 Å². The monoisotopic (exact) mass is 470 g/mol. The van der Waals surface area contributed by atoms with Gasteiger partial charge < -0.3 is 19.4 Å². The highest BCUT2D eigenvalue weighted by molar-refractivity contribution is 7.99. The number of ether oxygens (including phenoxy) is 1. The normalized spacial score (nSPS) is 18.0. The zero-order valence-electron chi connectivity index (χ0n) is 17.9. The van der Waals surface area contributed by atoms with Crippen molar-refractivity contribution in [1.82, 2.24) is 15.3 Å². The zero-order valence-corrected chi connectivity index (χ0v) is 19.5. The molecule has 2 aliphatic heterocycles. The van der Waals surface area contributed by atoms with E-state index in [-0.39, 0.29) is 0 Å². The standard InChI is InChI=1S/C24H27ClN4O2S/c25-19-3-5-20(6-4-19)32-24-22(28-23(31-24)17-8-14-30-15-9-17)18-2-7-21(27-16-18)29-12-1-10-26-11-13-29/h2-7,16-17,26H,1,8-15H2. The Hall–Kier alpha value is -2.06. The summed E-state index contributed by atoms with van der Waals surface area (Å²) in [6, 6.07) is 12.0. The lowest BCUT2D eigenvalue weighted by molar-refractivity contribution is 0.0786. The van der Waals surface area contributed by atoms with E-state index in [9.17, 15) is 0 Å². The minimum atomic E-state index is 0.291. The van der Waals surface area contributed by atoms with Gasteiger partial charge >= 0.3 is 0 Å². The number of aromatic nitrogens is 2. The number of anilines is 1. The third-order valence-corrected chi connectivity index (χ3v) is 7.11. The summed E-state index contributed by atoms with van der Waals surface area (Å²) < 4.78 is 11.8. The molecule has 2 aliphatic rings. The van der Waals surface area contributed by atoms with Crippen molar-refractivity contribution >= 4 is 29.2 Å². The molecule has 1 N–H and O–H groups in total. The topological polar surface area (TPSA) is 63.4 Å². The SMILES string of the molecule is Clc1ccc(Sc2oc(C3CCOCC3)nc2-c2ccc(N3CCCNCC3)nc2)cc1. The summed E-state index contributed by atoms with van der Waals surface area (Å²) in [5.74, 6) is 2.10. The van der Waals surface area contributed by atoms with Gasteiger partial charge in [0.15, 0.2) is 11.0 Å². The fourth-order valence-corrected chi connectivity index (χ4v) is 5.09. The van der Waals surface area contributed by atoms with Gasteiger partial charge in [0, 0.05) is 60.4 Å². The Morgan fingerprint density at radius 2 is 1.88 bits per heavy atom. The molecule has 4 heterocycles. The Balaban J connectivity index is 1.44. The van der Waals surface area contributed by atoms with Crippen LogP contribution in [0.15, 0.2) is 57.0 Å². The van der Waals surface area contributed by atoms with E-state index in [1.54, 1.807) is 11.8 Å². The molecule has 3 aromatic rings. The number of oxazole rings is 1. The highest BCUT2D eigenvalue weighted by Gasteiger charge is 2.25. The van der Waals surface area contributed by atoms with Crippen LogP contribution >= 0.6 is 23.4 Å². The molecule has 1 aromatic carbocycles. The van der Waals surface area contributed by atoms with Crippen molar-refractivity contribution in [3.8, 4) is 11.3 Å². The molecule has 2 fully saturated rings. The van der Waals surface area contributed by atoms with E-state index in [1.807, 2.05) is 30.5 Å². The van der Waals surface area contributed by atoms with E-state index in [1.165, 1.54) is 0 Å². The van der Waals surface area contributed by atoms with Gasteiger partial charge in [-0.15, -0.1) is 0 Å². The van der Waals surface area contributed by atoms with Gasteiger partial charge in [0.1, 0.15) is 11.5 Å². The number of nitrogens with one attached hydrogen (secondary N) is 1. The number of halogens is 1. The van der Waals surface area contributed by atoms with E-state index in [2.05, 4.69) is 22.3 Å². The second-order valence-electron chi connectivity index (χ2n) is 8.13. The molecule has 0 radical (unpaired) electrons. The van der Waals surface area contributed by atoms with Gasteiger partial charge in [-0.05, 0) is 74.0 Å². The van der Waals surface area contributed by atoms with Gasteiger partial charge in [-0.25, -0.2) is 9.97 Å². The number of pyridine rings is 1. The Morgan fingerprint density at radius 1 is 1.03 bits per heavy atom. The molecular weight excluding hydrogens is 444 g/mol. The van der Waals surface area contributed by atoms with E-state index in [0.29, 0.717) is 5.92 Å². The maximum Gasteiger partial charge on any atom is 0.199 e. The van der Waals surface area contributed by atoms with Crippen LogP contribution in [0.2, 0.25) is 5.02 Å². The predicted octanol–water partition coefficient (Wildman–Crippen LogP) is 5.23. The largest absolute Gasteiger partial charge is 0.433 e. The van der Waals surface area contributed by atoms with E-state index in [0.717, 1.165) is 96.6 Å². The lowest BCUT2D eigenvalue weighted by atomic mass is 10.0. The van der Waals surface area contributed by atoms with Crippen LogP contribution < -0.4 is 10.2 Å². The van der Waals surface area contributed by atoms with E-state index >= 15 is 0 Å². The molecule has 0 saturated carbocycles. The van der Waals surface area contributed by atoms with Crippen LogP contribution in [-0.4, -0.2) is 49.4 Å². The number of nitrogens with zero attached hydrogens (tertiary/aromatic N) is 3. The number of hydrogen-bond donors (Lipinski definition) is 1. The van der Waals surface area contributed by atoms with Gasteiger partial charge in [-0.2, -0.15) is 0 Å². The van der Waals surface area contributed by atoms with Crippen molar-refractivity contribution in [2.75, 3.05) is 44.3 Å². The molecule has 0 aliphatic carbocycles. The minimum Gasteiger partial charge on any atom is -0.433 e. The summed E-state index contributed by atoms with van der Waals surface area (Å²) in [4.78, 5) is 13.1. The molecule has 8 heteroatoms. The first-order valence-electron chi connectivity index (χ1n) is 11.2. The molecule has 2 aromatic heterocycles. The Labute approximate surface area is 197 Å². The number of benzene rings is 1. The average molecular weight is 471 g/mol. The van der Waals surface area contributed by atoms with Gasteiger partial charge in [0.05, 0.1) is 0 Å². The molecule has 168 valence electrons. The highest BCUT2D eigenvalue weighted by Crippen LogP contribution is 2.40. The number of rotatable bonds is 5. The van der Waals surface area contributed by atoms with Gasteiger partial charge in [-0.1, -0.05) is 11.6 Å². The van der Waals surface area contributed by atoms with Gasteiger partial charge in [0.2, 0.25) is 0 Å². The first-order valence-corrected chi connectivity index (χ1v) is 12.4. The van der Waals surface area contributed by atoms with Crippen molar-refractivity contribution in [1.29, 1.82) is 0 Å². The lowest BCUT2D eigenvalue weighted by Gasteiger charge is -2.21. The highest BCUT2D eigenvalue weighted by atomic mass is 35.5. The molecule has 0 amide bonds. The fraction of sp³-hybridized carbons (Fsp3) is 0.417. The summed E-state index contributed by atoms with van der Waals surface area (Å²) in [5, 5.41) is 4.96. The molecule has 32 heavy (non-hydrogen) atoms. The molecule has 6 nitrogen and oxygen atoms in total. The first-order chi connectivity index (χ1) is 15.8. The molecule has 2 saturated heterocycles. The van der Waals surface area contributed by atoms with Crippen LogP contribution in [0.3, 0.4) is 0 Å². The molecule has 0 atom stereocenters.